The van der Waals surface area contributed by atoms with Crippen LogP contribution in [0, 0.1) is 6.92 Å². The van der Waals surface area contributed by atoms with Crippen LogP contribution in [0.5, 0.6) is 0 Å². The lowest BCUT2D eigenvalue weighted by Gasteiger charge is -2.18. The summed E-state index contributed by atoms with van der Waals surface area (Å²) in [6.07, 6.45) is 0. The highest BCUT2D eigenvalue weighted by atomic mass is 32.2. The third kappa shape index (κ3) is 4.77. The number of urea groups is 1. The normalized spacial score (nSPS) is 11.7. The van der Waals surface area contributed by atoms with E-state index in [1.165, 1.54) is 10.4 Å². The largest absolute Gasteiger partial charge is 0.336 e. The van der Waals surface area contributed by atoms with Gasteiger partial charge < -0.3 is 10.6 Å². The summed E-state index contributed by atoms with van der Waals surface area (Å²) in [7, 11) is -3.55. The van der Waals surface area contributed by atoms with Gasteiger partial charge >= 0.3 is 6.03 Å². The molecule has 3 rings (SSSR count). The van der Waals surface area contributed by atoms with Gasteiger partial charge in [-0.15, -0.1) is 5.10 Å². The van der Waals surface area contributed by atoms with E-state index in [0.29, 0.717) is 42.9 Å². The van der Waals surface area contributed by atoms with Crippen LogP contribution in [-0.4, -0.2) is 53.4 Å². The van der Waals surface area contributed by atoms with Crippen molar-refractivity contribution in [3.05, 3.63) is 48.0 Å². The third-order valence-electron chi connectivity index (χ3n) is 4.75. The first kappa shape index (κ1) is 21.7. The molecule has 10 heteroatoms. The molecule has 1 aromatic heterocycles. The van der Waals surface area contributed by atoms with Crippen LogP contribution in [0.1, 0.15) is 19.4 Å². The Morgan fingerprint density at radius 2 is 1.80 bits per heavy atom. The van der Waals surface area contributed by atoms with E-state index in [9.17, 15) is 13.2 Å². The molecule has 0 fully saturated rings. The predicted molar refractivity (Wildman–Crippen MR) is 116 cm³/mol. The number of carbonyl (C=O) groups is 1. The molecule has 0 spiro atoms. The number of hydrogen-bond acceptors (Lipinski definition) is 5. The minimum atomic E-state index is -3.55. The van der Waals surface area contributed by atoms with Gasteiger partial charge in [0.15, 0.2) is 0 Å². The Bertz CT molecular complexity index is 1120. The van der Waals surface area contributed by atoms with Crippen molar-refractivity contribution in [1.82, 2.24) is 24.6 Å². The SMILES string of the molecule is CCN(CC)S(=O)(=O)c1ccc2c(c1)nnn2CCNC(=O)Nc1ccc(C)cc1. The van der Waals surface area contributed by atoms with Crippen molar-refractivity contribution < 1.29 is 13.2 Å². The predicted octanol–water partition coefficient (Wildman–Crippen LogP) is 2.59. The lowest BCUT2D eigenvalue weighted by atomic mass is 10.2. The van der Waals surface area contributed by atoms with Crippen LogP contribution in [0.25, 0.3) is 11.0 Å². The fourth-order valence-electron chi connectivity index (χ4n) is 3.08. The summed E-state index contributed by atoms with van der Waals surface area (Å²) in [4.78, 5) is 12.2. The summed E-state index contributed by atoms with van der Waals surface area (Å²) >= 11 is 0. The van der Waals surface area contributed by atoms with Crippen LogP contribution < -0.4 is 10.6 Å². The van der Waals surface area contributed by atoms with E-state index in [1.54, 1.807) is 30.7 Å². The van der Waals surface area contributed by atoms with E-state index < -0.39 is 10.0 Å². The molecule has 0 bridgehead atoms. The lowest BCUT2D eigenvalue weighted by Crippen LogP contribution is -2.31. The highest BCUT2D eigenvalue weighted by Gasteiger charge is 2.22. The number of nitrogens with zero attached hydrogens (tertiary/aromatic N) is 4. The van der Waals surface area contributed by atoms with Crippen molar-refractivity contribution in [3.63, 3.8) is 0 Å². The number of rotatable bonds is 8. The molecular formula is C20H26N6O3S. The van der Waals surface area contributed by atoms with E-state index in [4.69, 9.17) is 0 Å². The van der Waals surface area contributed by atoms with Gasteiger partial charge in [0, 0.05) is 25.3 Å². The number of amides is 2. The minimum absolute atomic E-state index is 0.196. The second kappa shape index (κ2) is 9.23. The average Bonchev–Trinajstić information content (AvgIpc) is 3.13. The van der Waals surface area contributed by atoms with Gasteiger partial charge in [0.05, 0.1) is 17.0 Å². The topological polar surface area (TPSA) is 109 Å². The molecule has 0 aliphatic heterocycles. The second-order valence-electron chi connectivity index (χ2n) is 6.80. The molecule has 160 valence electrons. The van der Waals surface area contributed by atoms with E-state index in [1.807, 2.05) is 31.2 Å². The fourth-order valence-corrected chi connectivity index (χ4v) is 4.56. The number of aromatic nitrogens is 3. The smallest absolute Gasteiger partial charge is 0.319 e. The summed E-state index contributed by atoms with van der Waals surface area (Å²) < 4.78 is 28.4. The first-order valence-corrected chi connectivity index (χ1v) is 11.2. The molecule has 9 nitrogen and oxygen atoms in total. The maximum atomic E-state index is 12.7. The number of sulfonamides is 1. The van der Waals surface area contributed by atoms with Crippen LogP contribution in [0.2, 0.25) is 0 Å². The van der Waals surface area contributed by atoms with Crippen LogP contribution in [-0.2, 0) is 16.6 Å². The summed E-state index contributed by atoms with van der Waals surface area (Å²) in [6, 6.07) is 12.0. The number of benzene rings is 2. The Balaban J connectivity index is 1.63. The second-order valence-corrected chi connectivity index (χ2v) is 8.74. The maximum Gasteiger partial charge on any atom is 0.319 e. The monoisotopic (exact) mass is 430 g/mol. The first-order chi connectivity index (χ1) is 14.3. The average molecular weight is 431 g/mol. The van der Waals surface area contributed by atoms with Crippen molar-refractivity contribution in [2.24, 2.45) is 0 Å². The molecule has 1 heterocycles. The Hall–Kier alpha value is -2.98. The lowest BCUT2D eigenvalue weighted by molar-refractivity contribution is 0.251. The van der Waals surface area contributed by atoms with Crippen molar-refractivity contribution in [2.75, 3.05) is 25.0 Å². The quantitative estimate of drug-likeness (QED) is 0.571. The van der Waals surface area contributed by atoms with E-state index >= 15 is 0 Å². The number of fused-ring (bicyclic) bond motifs is 1. The zero-order chi connectivity index (χ0) is 21.7. The summed E-state index contributed by atoms with van der Waals surface area (Å²) in [5, 5.41) is 13.7. The van der Waals surface area contributed by atoms with E-state index in [-0.39, 0.29) is 10.9 Å². The Kier molecular flexibility index (Phi) is 6.68. The maximum absolute atomic E-state index is 12.7. The molecule has 0 aliphatic carbocycles. The molecule has 3 aromatic rings. The minimum Gasteiger partial charge on any atom is -0.336 e. The van der Waals surface area contributed by atoms with Crippen LogP contribution >= 0.6 is 0 Å². The fraction of sp³-hybridized carbons (Fsp3) is 0.350. The number of carbonyl (C=O) groups excluding carboxylic acids is 1. The number of hydrogen-bond donors (Lipinski definition) is 2. The van der Waals surface area contributed by atoms with Gasteiger partial charge in [0.2, 0.25) is 10.0 Å². The molecule has 0 saturated heterocycles. The van der Waals surface area contributed by atoms with Crippen molar-refractivity contribution in [1.29, 1.82) is 0 Å². The molecule has 2 amide bonds. The van der Waals surface area contributed by atoms with Gasteiger partial charge in [0.1, 0.15) is 5.52 Å². The van der Waals surface area contributed by atoms with Crippen LogP contribution in [0.3, 0.4) is 0 Å². The standard InChI is InChI=1S/C20H26N6O3S/c1-4-25(5-2)30(28,29)17-10-11-19-18(14-17)23-24-26(19)13-12-21-20(27)22-16-8-6-15(3)7-9-16/h6-11,14H,4-5,12-13H2,1-3H3,(H2,21,22,27). The molecule has 2 N–H and O–H groups in total. The van der Waals surface area contributed by atoms with Gasteiger partial charge in [-0.25, -0.2) is 17.9 Å². The molecule has 0 unspecified atom stereocenters. The van der Waals surface area contributed by atoms with Gasteiger partial charge in [-0.2, -0.15) is 4.31 Å². The zero-order valence-electron chi connectivity index (χ0n) is 17.3. The van der Waals surface area contributed by atoms with Gasteiger partial charge in [-0.1, -0.05) is 36.8 Å². The Labute approximate surface area is 176 Å². The zero-order valence-corrected chi connectivity index (χ0v) is 18.1. The number of aryl methyl sites for hydroxylation is 1. The number of nitrogens with one attached hydrogen (secondary N) is 2. The van der Waals surface area contributed by atoms with Crippen molar-refractivity contribution >= 4 is 32.8 Å². The molecule has 0 radical (unpaired) electrons. The molecule has 2 aromatic carbocycles. The Morgan fingerprint density at radius 1 is 1.10 bits per heavy atom. The summed E-state index contributed by atoms with van der Waals surface area (Å²) in [6.45, 7) is 7.14. The van der Waals surface area contributed by atoms with Gasteiger partial charge in [-0.05, 0) is 37.3 Å². The highest BCUT2D eigenvalue weighted by Crippen LogP contribution is 2.20. The molecular weight excluding hydrogens is 404 g/mol. The number of anilines is 1. The van der Waals surface area contributed by atoms with Crippen molar-refractivity contribution in [3.8, 4) is 0 Å². The molecule has 0 saturated carbocycles. The van der Waals surface area contributed by atoms with Crippen LogP contribution in [0.4, 0.5) is 10.5 Å². The Morgan fingerprint density at radius 3 is 2.47 bits per heavy atom. The van der Waals surface area contributed by atoms with Crippen molar-refractivity contribution in [2.45, 2.75) is 32.2 Å². The van der Waals surface area contributed by atoms with Gasteiger partial charge in [-0.3, -0.25) is 0 Å². The van der Waals surface area contributed by atoms with E-state index in [0.717, 1.165) is 5.56 Å². The first-order valence-electron chi connectivity index (χ1n) is 9.80. The summed E-state index contributed by atoms with van der Waals surface area (Å²) in [5.41, 5.74) is 3.03. The molecule has 0 atom stereocenters. The summed E-state index contributed by atoms with van der Waals surface area (Å²) in [5.74, 6) is 0. The van der Waals surface area contributed by atoms with E-state index in [2.05, 4.69) is 20.9 Å². The highest BCUT2D eigenvalue weighted by molar-refractivity contribution is 7.89. The van der Waals surface area contributed by atoms with Crippen LogP contribution in [0.15, 0.2) is 47.4 Å². The van der Waals surface area contributed by atoms with Gasteiger partial charge in [0.25, 0.3) is 0 Å². The third-order valence-corrected chi connectivity index (χ3v) is 6.79. The molecule has 30 heavy (non-hydrogen) atoms. The molecule has 0 aliphatic rings.